The van der Waals surface area contributed by atoms with Crippen LogP contribution in [0.3, 0.4) is 0 Å². The summed E-state index contributed by atoms with van der Waals surface area (Å²) in [7, 11) is 3.84. The third kappa shape index (κ3) is 4.73. The van der Waals surface area contributed by atoms with Crippen molar-refractivity contribution in [1.82, 2.24) is 20.3 Å². The van der Waals surface area contributed by atoms with Crippen LogP contribution in [0.1, 0.15) is 32.4 Å². The molecule has 1 N–H and O–H groups in total. The van der Waals surface area contributed by atoms with Gasteiger partial charge >= 0.3 is 0 Å². The Kier molecular flexibility index (Phi) is 6.24. The molecule has 6 nitrogen and oxygen atoms in total. The first-order chi connectivity index (χ1) is 10.6. The van der Waals surface area contributed by atoms with Crippen LogP contribution in [0.25, 0.3) is 0 Å². The first-order valence-corrected chi connectivity index (χ1v) is 8.15. The summed E-state index contributed by atoms with van der Waals surface area (Å²) < 4.78 is 4.88. The first-order valence-electron chi connectivity index (χ1n) is 8.15. The lowest BCUT2D eigenvalue weighted by molar-refractivity contribution is 0.140. The Balaban J connectivity index is 1.80. The molecule has 6 heteroatoms. The lowest BCUT2D eigenvalue weighted by atomic mass is 9.97. The number of nitrogens with one attached hydrogen (secondary N) is 1. The molecule has 124 valence electrons. The third-order valence-corrected chi connectivity index (χ3v) is 4.29. The van der Waals surface area contributed by atoms with Crippen LogP contribution in [0.4, 0.5) is 0 Å². The zero-order valence-corrected chi connectivity index (χ0v) is 14.2. The molecule has 1 saturated heterocycles. The smallest absolute Gasteiger partial charge is 0.193 e. The number of likely N-dealkylation sites (tertiary alicyclic amines) is 1. The summed E-state index contributed by atoms with van der Waals surface area (Å²) in [6.07, 6.45) is 4.18. The van der Waals surface area contributed by atoms with Gasteiger partial charge in [0, 0.05) is 39.3 Å². The van der Waals surface area contributed by atoms with Gasteiger partial charge in [0.25, 0.3) is 0 Å². The van der Waals surface area contributed by atoms with E-state index in [9.17, 15) is 0 Å². The molecule has 1 fully saturated rings. The Morgan fingerprint density at radius 3 is 3.05 bits per heavy atom. The summed E-state index contributed by atoms with van der Waals surface area (Å²) in [6.45, 7) is 8.63. The number of rotatable bonds is 5. The van der Waals surface area contributed by atoms with Crippen molar-refractivity contribution in [2.45, 2.75) is 39.3 Å². The minimum atomic E-state index is 0.636. The van der Waals surface area contributed by atoms with E-state index in [1.807, 2.05) is 20.2 Å². The standard InChI is InChI=1S/C16H29N5O/c1-13(2)21-8-5-6-14(11-21)10-18-16(17-3)20(4)12-15-7-9-22-19-15/h7,9,13-14H,5-6,8,10-12H2,1-4H3,(H,17,18). The Bertz CT molecular complexity index is 457. The number of piperidine rings is 1. The van der Waals surface area contributed by atoms with E-state index in [1.54, 1.807) is 6.26 Å². The molecule has 22 heavy (non-hydrogen) atoms. The Hall–Kier alpha value is -1.56. The van der Waals surface area contributed by atoms with E-state index >= 15 is 0 Å². The van der Waals surface area contributed by atoms with Crippen LogP contribution in [-0.2, 0) is 6.54 Å². The van der Waals surface area contributed by atoms with Gasteiger partial charge in [-0.05, 0) is 39.2 Å². The molecule has 0 aromatic carbocycles. The maximum Gasteiger partial charge on any atom is 0.193 e. The molecule has 2 heterocycles. The second-order valence-electron chi connectivity index (χ2n) is 6.37. The van der Waals surface area contributed by atoms with Gasteiger partial charge in [-0.1, -0.05) is 5.16 Å². The SMILES string of the molecule is CN=C(NCC1CCCN(C(C)C)C1)N(C)Cc1ccon1. The fourth-order valence-electron chi connectivity index (χ4n) is 2.99. The van der Waals surface area contributed by atoms with Gasteiger partial charge in [-0.15, -0.1) is 0 Å². The van der Waals surface area contributed by atoms with Gasteiger partial charge in [-0.25, -0.2) is 0 Å². The molecule has 1 aromatic heterocycles. The molecule has 0 bridgehead atoms. The van der Waals surface area contributed by atoms with Gasteiger partial charge in [-0.3, -0.25) is 4.99 Å². The number of hydrogen-bond donors (Lipinski definition) is 1. The zero-order chi connectivity index (χ0) is 15.9. The van der Waals surface area contributed by atoms with E-state index in [1.165, 1.54) is 25.9 Å². The van der Waals surface area contributed by atoms with Crippen LogP contribution in [0.5, 0.6) is 0 Å². The molecule has 1 aliphatic rings. The minimum absolute atomic E-state index is 0.636. The van der Waals surface area contributed by atoms with E-state index in [-0.39, 0.29) is 0 Å². The van der Waals surface area contributed by atoms with Gasteiger partial charge in [0.1, 0.15) is 12.0 Å². The van der Waals surface area contributed by atoms with Gasteiger partial charge in [0.05, 0.1) is 6.54 Å². The zero-order valence-electron chi connectivity index (χ0n) is 14.2. The lowest BCUT2D eigenvalue weighted by Crippen LogP contribution is -2.46. The third-order valence-electron chi connectivity index (χ3n) is 4.29. The average Bonchev–Trinajstić information content (AvgIpc) is 3.01. The van der Waals surface area contributed by atoms with E-state index < -0.39 is 0 Å². The molecule has 0 amide bonds. The summed E-state index contributed by atoms with van der Waals surface area (Å²) >= 11 is 0. The Morgan fingerprint density at radius 1 is 1.59 bits per heavy atom. The molecular formula is C16H29N5O. The predicted octanol–water partition coefficient (Wildman–Crippen LogP) is 1.80. The normalized spacial score (nSPS) is 20.4. The van der Waals surface area contributed by atoms with Crippen molar-refractivity contribution in [3.05, 3.63) is 18.0 Å². The van der Waals surface area contributed by atoms with E-state index in [0.717, 1.165) is 18.2 Å². The summed E-state index contributed by atoms with van der Waals surface area (Å²) in [6, 6.07) is 2.52. The maximum absolute atomic E-state index is 4.88. The summed E-state index contributed by atoms with van der Waals surface area (Å²) in [5.74, 6) is 1.60. The highest BCUT2D eigenvalue weighted by Crippen LogP contribution is 2.17. The molecule has 0 aliphatic carbocycles. The molecule has 0 spiro atoms. The van der Waals surface area contributed by atoms with Gasteiger partial charge in [0.15, 0.2) is 5.96 Å². The van der Waals surface area contributed by atoms with Crippen LogP contribution < -0.4 is 5.32 Å². The molecule has 1 unspecified atom stereocenters. The van der Waals surface area contributed by atoms with Crippen molar-refractivity contribution in [3.63, 3.8) is 0 Å². The molecular weight excluding hydrogens is 278 g/mol. The molecule has 1 aromatic rings. The van der Waals surface area contributed by atoms with Crippen molar-refractivity contribution in [2.24, 2.45) is 10.9 Å². The number of hydrogen-bond acceptors (Lipinski definition) is 4. The average molecular weight is 307 g/mol. The van der Waals surface area contributed by atoms with Crippen LogP contribution in [0.2, 0.25) is 0 Å². The highest BCUT2D eigenvalue weighted by Gasteiger charge is 2.22. The van der Waals surface area contributed by atoms with Gasteiger partial charge in [-0.2, -0.15) is 0 Å². The number of nitrogens with zero attached hydrogens (tertiary/aromatic N) is 4. The maximum atomic E-state index is 4.88. The lowest BCUT2D eigenvalue weighted by Gasteiger charge is -2.36. The highest BCUT2D eigenvalue weighted by molar-refractivity contribution is 5.79. The van der Waals surface area contributed by atoms with Crippen molar-refractivity contribution >= 4 is 5.96 Å². The van der Waals surface area contributed by atoms with Gasteiger partial charge < -0.3 is 19.6 Å². The minimum Gasteiger partial charge on any atom is -0.364 e. The fourth-order valence-corrected chi connectivity index (χ4v) is 2.99. The van der Waals surface area contributed by atoms with Crippen molar-refractivity contribution in [1.29, 1.82) is 0 Å². The van der Waals surface area contributed by atoms with Crippen LogP contribution >= 0.6 is 0 Å². The van der Waals surface area contributed by atoms with Crippen molar-refractivity contribution in [3.8, 4) is 0 Å². The summed E-state index contributed by atoms with van der Waals surface area (Å²) in [5, 5.41) is 7.45. The first kappa shape index (κ1) is 16.8. The van der Waals surface area contributed by atoms with Crippen molar-refractivity contribution in [2.75, 3.05) is 33.7 Å². The number of guanidine groups is 1. The monoisotopic (exact) mass is 307 g/mol. The quantitative estimate of drug-likeness (QED) is 0.664. The Morgan fingerprint density at radius 2 is 2.41 bits per heavy atom. The van der Waals surface area contributed by atoms with E-state index in [2.05, 4.69) is 39.1 Å². The molecule has 0 radical (unpaired) electrons. The molecule has 1 atom stereocenters. The predicted molar refractivity (Wildman–Crippen MR) is 88.8 cm³/mol. The van der Waals surface area contributed by atoms with Crippen LogP contribution in [-0.4, -0.2) is 60.7 Å². The van der Waals surface area contributed by atoms with E-state index in [4.69, 9.17) is 4.52 Å². The molecule has 0 saturated carbocycles. The summed E-state index contributed by atoms with van der Waals surface area (Å²) in [5.41, 5.74) is 0.911. The Labute approximate surface area is 133 Å². The van der Waals surface area contributed by atoms with Crippen LogP contribution in [0, 0.1) is 5.92 Å². The second kappa shape index (κ2) is 8.17. The number of aliphatic imine (C=N–C) groups is 1. The summed E-state index contributed by atoms with van der Waals surface area (Å²) in [4.78, 5) is 9.00. The molecule has 2 rings (SSSR count). The van der Waals surface area contributed by atoms with E-state index in [0.29, 0.717) is 18.5 Å². The topological polar surface area (TPSA) is 56.9 Å². The largest absolute Gasteiger partial charge is 0.364 e. The van der Waals surface area contributed by atoms with Crippen LogP contribution in [0.15, 0.2) is 21.8 Å². The number of aromatic nitrogens is 1. The van der Waals surface area contributed by atoms with Crippen molar-refractivity contribution < 1.29 is 4.52 Å². The second-order valence-corrected chi connectivity index (χ2v) is 6.37. The highest BCUT2D eigenvalue weighted by atomic mass is 16.5. The molecule has 1 aliphatic heterocycles. The van der Waals surface area contributed by atoms with Gasteiger partial charge in [0.2, 0.25) is 0 Å². The fraction of sp³-hybridized carbons (Fsp3) is 0.750.